The Hall–Kier alpha value is -3.57. The molecule has 4 aromatic rings. The second-order valence-electron chi connectivity index (χ2n) is 7.94. The summed E-state index contributed by atoms with van der Waals surface area (Å²) in [5.41, 5.74) is 3.11. The monoisotopic (exact) mass is 473 g/mol. The van der Waals surface area contributed by atoms with Crippen LogP contribution in [0.3, 0.4) is 0 Å². The molecule has 0 aliphatic rings. The molecular weight excluding hydrogens is 446 g/mol. The van der Waals surface area contributed by atoms with Crippen LogP contribution >= 0.6 is 11.6 Å². The number of carbonyl (C=O) groups is 1. The van der Waals surface area contributed by atoms with Crippen molar-refractivity contribution < 1.29 is 9.53 Å². The molecule has 5 nitrogen and oxygen atoms in total. The number of aryl methyl sites for hydroxylation is 2. The van der Waals surface area contributed by atoms with Gasteiger partial charge in [-0.15, -0.1) is 0 Å². The van der Waals surface area contributed by atoms with Crippen molar-refractivity contribution in [1.29, 1.82) is 0 Å². The van der Waals surface area contributed by atoms with Crippen LogP contribution in [0, 0.1) is 0 Å². The van der Waals surface area contributed by atoms with Gasteiger partial charge in [-0.1, -0.05) is 66.2 Å². The number of halogens is 1. The van der Waals surface area contributed by atoms with Crippen molar-refractivity contribution >= 4 is 34.6 Å². The zero-order valence-corrected chi connectivity index (χ0v) is 19.7. The Kier molecular flexibility index (Phi) is 8.36. The Morgan fingerprint density at radius 2 is 1.74 bits per heavy atom. The molecule has 0 bridgehead atoms. The van der Waals surface area contributed by atoms with E-state index in [1.165, 1.54) is 0 Å². The number of rotatable bonds is 11. The summed E-state index contributed by atoms with van der Waals surface area (Å²) < 4.78 is 8.10. The number of nitrogens with zero attached hydrogens (tertiary/aromatic N) is 2. The van der Waals surface area contributed by atoms with Gasteiger partial charge >= 0.3 is 0 Å². The summed E-state index contributed by atoms with van der Waals surface area (Å²) in [5.74, 6) is 1.64. The molecule has 174 valence electrons. The van der Waals surface area contributed by atoms with E-state index >= 15 is 0 Å². The number of hydrogen-bond donors (Lipinski definition) is 1. The van der Waals surface area contributed by atoms with Gasteiger partial charge in [0, 0.05) is 25.6 Å². The van der Waals surface area contributed by atoms with Crippen LogP contribution in [0.1, 0.15) is 24.2 Å². The molecule has 0 saturated heterocycles. The van der Waals surface area contributed by atoms with E-state index in [0.29, 0.717) is 23.9 Å². The first kappa shape index (κ1) is 23.6. The summed E-state index contributed by atoms with van der Waals surface area (Å²) in [5, 5.41) is 3.58. The van der Waals surface area contributed by atoms with E-state index < -0.39 is 0 Å². The van der Waals surface area contributed by atoms with Crippen LogP contribution in [0.5, 0.6) is 5.75 Å². The number of fused-ring (bicyclic) bond motifs is 1. The van der Waals surface area contributed by atoms with Crippen LogP contribution < -0.4 is 10.1 Å². The SMILES string of the molecule is O=C(/C=C/c1ccccc1)NCCCc1nc2ccccc2n1CCCOc1ccccc1Cl. The van der Waals surface area contributed by atoms with Crippen molar-refractivity contribution in [3.8, 4) is 5.75 Å². The minimum absolute atomic E-state index is 0.0888. The fourth-order valence-corrected chi connectivity index (χ4v) is 3.98. The smallest absolute Gasteiger partial charge is 0.243 e. The van der Waals surface area contributed by atoms with Gasteiger partial charge in [-0.2, -0.15) is 0 Å². The van der Waals surface area contributed by atoms with E-state index in [-0.39, 0.29) is 5.91 Å². The van der Waals surface area contributed by atoms with Gasteiger partial charge in [-0.3, -0.25) is 4.79 Å². The molecule has 0 spiro atoms. The maximum Gasteiger partial charge on any atom is 0.243 e. The summed E-state index contributed by atoms with van der Waals surface area (Å²) in [6.45, 7) is 1.96. The molecule has 4 rings (SSSR count). The minimum Gasteiger partial charge on any atom is -0.492 e. The van der Waals surface area contributed by atoms with E-state index in [1.807, 2.05) is 78.9 Å². The second kappa shape index (κ2) is 12.1. The largest absolute Gasteiger partial charge is 0.492 e. The molecule has 34 heavy (non-hydrogen) atoms. The molecule has 0 fully saturated rings. The first-order valence-corrected chi connectivity index (χ1v) is 11.9. The molecule has 0 aliphatic carbocycles. The van der Waals surface area contributed by atoms with Gasteiger partial charge in [-0.05, 0) is 48.7 Å². The molecule has 6 heteroatoms. The van der Waals surface area contributed by atoms with Crippen LogP contribution in [-0.2, 0) is 17.8 Å². The summed E-state index contributed by atoms with van der Waals surface area (Å²) in [7, 11) is 0. The van der Waals surface area contributed by atoms with Gasteiger partial charge in [0.2, 0.25) is 5.91 Å². The van der Waals surface area contributed by atoms with E-state index in [2.05, 4.69) is 16.0 Å². The third-order valence-corrected chi connectivity index (χ3v) is 5.77. The third kappa shape index (κ3) is 6.49. The maximum absolute atomic E-state index is 12.1. The summed E-state index contributed by atoms with van der Waals surface area (Å²) in [4.78, 5) is 16.9. The number of amides is 1. The van der Waals surface area contributed by atoms with E-state index in [0.717, 1.165) is 48.2 Å². The predicted octanol–water partition coefficient (Wildman–Crippen LogP) is 5.92. The maximum atomic E-state index is 12.1. The summed E-state index contributed by atoms with van der Waals surface area (Å²) >= 11 is 6.18. The minimum atomic E-state index is -0.0888. The van der Waals surface area contributed by atoms with Crippen molar-refractivity contribution in [2.45, 2.75) is 25.8 Å². The van der Waals surface area contributed by atoms with Crippen molar-refractivity contribution in [2.24, 2.45) is 0 Å². The zero-order chi connectivity index (χ0) is 23.6. The Balaban J connectivity index is 1.29. The van der Waals surface area contributed by atoms with Crippen molar-refractivity contribution in [2.75, 3.05) is 13.2 Å². The van der Waals surface area contributed by atoms with Crippen LogP contribution in [0.15, 0.2) is 84.9 Å². The molecule has 0 atom stereocenters. The number of ether oxygens (including phenoxy) is 1. The van der Waals surface area contributed by atoms with Crippen LogP contribution in [0.4, 0.5) is 0 Å². The number of carbonyl (C=O) groups excluding carboxylic acids is 1. The lowest BCUT2D eigenvalue weighted by Crippen LogP contribution is -2.22. The summed E-state index contributed by atoms with van der Waals surface area (Å²) in [6.07, 6.45) is 5.82. The van der Waals surface area contributed by atoms with Crippen LogP contribution in [-0.4, -0.2) is 28.6 Å². The highest BCUT2D eigenvalue weighted by atomic mass is 35.5. The number of para-hydroxylation sites is 3. The molecule has 0 unspecified atom stereocenters. The predicted molar refractivity (Wildman–Crippen MR) is 138 cm³/mol. The van der Waals surface area contributed by atoms with Gasteiger partial charge in [0.05, 0.1) is 22.7 Å². The van der Waals surface area contributed by atoms with Crippen LogP contribution in [0.25, 0.3) is 17.1 Å². The quantitative estimate of drug-likeness (QED) is 0.217. The Morgan fingerprint density at radius 1 is 0.971 bits per heavy atom. The molecule has 1 N–H and O–H groups in total. The Labute approximate surface area is 205 Å². The van der Waals surface area contributed by atoms with Gasteiger partial charge < -0.3 is 14.6 Å². The molecule has 0 aliphatic heterocycles. The Bertz CT molecular complexity index is 1250. The molecule has 1 amide bonds. The first-order valence-electron chi connectivity index (χ1n) is 11.5. The van der Waals surface area contributed by atoms with Crippen molar-refractivity contribution in [1.82, 2.24) is 14.9 Å². The standard InChI is InChI=1S/C28H28ClN3O2/c29-23-12-4-7-15-26(23)34-21-9-20-32-25-14-6-5-13-24(25)31-27(32)16-8-19-30-28(33)18-17-22-10-2-1-3-11-22/h1-7,10-15,17-18H,8-9,16,19-21H2,(H,30,33)/b18-17+. The Morgan fingerprint density at radius 3 is 2.59 bits per heavy atom. The van der Waals surface area contributed by atoms with E-state index in [9.17, 15) is 4.79 Å². The van der Waals surface area contributed by atoms with E-state index in [4.69, 9.17) is 21.3 Å². The number of benzene rings is 3. The lowest BCUT2D eigenvalue weighted by atomic mass is 10.2. The number of hydrogen-bond acceptors (Lipinski definition) is 3. The second-order valence-corrected chi connectivity index (χ2v) is 8.35. The number of imidazole rings is 1. The molecule has 1 aromatic heterocycles. The molecular formula is C28H28ClN3O2. The molecule has 1 heterocycles. The van der Waals surface area contributed by atoms with Gasteiger partial charge in [0.15, 0.2) is 0 Å². The van der Waals surface area contributed by atoms with Gasteiger partial charge in [0.25, 0.3) is 0 Å². The van der Waals surface area contributed by atoms with Crippen molar-refractivity contribution in [3.63, 3.8) is 0 Å². The fraction of sp³-hybridized carbons (Fsp3) is 0.214. The molecule has 0 radical (unpaired) electrons. The fourth-order valence-electron chi connectivity index (χ4n) is 3.79. The average Bonchev–Trinajstić information content (AvgIpc) is 3.22. The normalized spacial score (nSPS) is 11.2. The number of aromatic nitrogens is 2. The molecule has 0 saturated carbocycles. The van der Waals surface area contributed by atoms with Crippen LogP contribution in [0.2, 0.25) is 5.02 Å². The highest BCUT2D eigenvalue weighted by molar-refractivity contribution is 6.32. The lowest BCUT2D eigenvalue weighted by Gasteiger charge is -2.11. The lowest BCUT2D eigenvalue weighted by molar-refractivity contribution is -0.116. The first-order chi connectivity index (χ1) is 16.7. The molecule has 3 aromatic carbocycles. The zero-order valence-electron chi connectivity index (χ0n) is 19.0. The van der Waals surface area contributed by atoms with E-state index in [1.54, 1.807) is 6.08 Å². The van der Waals surface area contributed by atoms with Gasteiger partial charge in [0.1, 0.15) is 11.6 Å². The third-order valence-electron chi connectivity index (χ3n) is 5.46. The average molecular weight is 474 g/mol. The number of nitrogens with one attached hydrogen (secondary N) is 1. The summed E-state index contributed by atoms with van der Waals surface area (Å²) in [6, 6.07) is 25.5. The van der Waals surface area contributed by atoms with Gasteiger partial charge in [-0.25, -0.2) is 4.98 Å². The highest BCUT2D eigenvalue weighted by Crippen LogP contribution is 2.23. The van der Waals surface area contributed by atoms with Crippen molar-refractivity contribution in [3.05, 3.63) is 101 Å². The highest BCUT2D eigenvalue weighted by Gasteiger charge is 2.10. The topological polar surface area (TPSA) is 56.2 Å².